The van der Waals surface area contributed by atoms with Crippen LogP contribution in [0.2, 0.25) is 0 Å². The van der Waals surface area contributed by atoms with Gasteiger partial charge in [-0.3, -0.25) is 15.4 Å². The molecular weight excluding hydrogens is 196 g/mol. The van der Waals surface area contributed by atoms with E-state index >= 15 is 0 Å². The van der Waals surface area contributed by atoms with Crippen LogP contribution in [0.3, 0.4) is 0 Å². The van der Waals surface area contributed by atoms with Crippen molar-refractivity contribution < 1.29 is 0 Å². The van der Waals surface area contributed by atoms with Gasteiger partial charge in [-0.05, 0) is 18.2 Å². The van der Waals surface area contributed by atoms with E-state index in [9.17, 15) is 0 Å². The number of rotatable bonds is 1. The van der Waals surface area contributed by atoms with E-state index in [2.05, 4.69) is 9.97 Å². The standard InChI is InChI=1S/C9H8N4S/c10-9(11)14-7-3-5-12-6-2-1-4-13-8(6)7/h1-5H,(H3,10,11). The fraction of sp³-hybridized carbons (Fsp3) is 0. The molecule has 4 nitrogen and oxygen atoms in total. The van der Waals surface area contributed by atoms with Crippen molar-refractivity contribution in [3.63, 3.8) is 0 Å². The van der Waals surface area contributed by atoms with Gasteiger partial charge in [0.15, 0.2) is 5.17 Å². The van der Waals surface area contributed by atoms with E-state index < -0.39 is 0 Å². The highest BCUT2D eigenvalue weighted by Gasteiger charge is 2.03. The molecule has 0 unspecified atom stereocenters. The van der Waals surface area contributed by atoms with Gasteiger partial charge in [0.25, 0.3) is 0 Å². The smallest absolute Gasteiger partial charge is 0.156 e. The molecule has 2 aromatic rings. The highest BCUT2D eigenvalue weighted by molar-refractivity contribution is 8.13. The minimum Gasteiger partial charge on any atom is -0.378 e. The Bertz CT molecular complexity index is 478. The molecular formula is C9H8N4S. The third-order valence-electron chi connectivity index (χ3n) is 1.68. The minimum atomic E-state index is 0.0585. The second-order valence-electron chi connectivity index (χ2n) is 2.65. The molecule has 5 heteroatoms. The largest absolute Gasteiger partial charge is 0.378 e. The molecule has 70 valence electrons. The number of thioether (sulfide) groups is 1. The monoisotopic (exact) mass is 204 g/mol. The zero-order valence-electron chi connectivity index (χ0n) is 7.27. The summed E-state index contributed by atoms with van der Waals surface area (Å²) in [6.07, 6.45) is 3.39. The normalized spacial score (nSPS) is 10.3. The Morgan fingerprint density at radius 1 is 1.29 bits per heavy atom. The maximum atomic E-state index is 7.20. The summed E-state index contributed by atoms with van der Waals surface area (Å²) in [5.74, 6) is 0. The Morgan fingerprint density at radius 2 is 2.14 bits per heavy atom. The summed E-state index contributed by atoms with van der Waals surface area (Å²) in [7, 11) is 0. The SMILES string of the molecule is N=C(N)Sc1ccnc2cccnc12. The van der Waals surface area contributed by atoms with Gasteiger partial charge in [-0.25, -0.2) is 0 Å². The topological polar surface area (TPSA) is 75.7 Å². The lowest BCUT2D eigenvalue weighted by molar-refractivity contribution is 1.28. The molecule has 0 aliphatic heterocycles. The van der Waals surface area contributed by atoms with Gasteiger partial charge in [-0.15, -0.1) is 0 Å². The van der Waals surface area contributed by atoms with Crippen molar-refractivity contribution in [1.82, 2.24) is 9.97 Å². The Balaban J connectivity index is 2.59. The van der Waals surface area contributed by atoms with Gasteiger partial charge in [-0.1, -0.05) is 11.8 Å². The van der Waals surface area contributed by atoms with Gasteiger partial charge in [0, 0.05) is 17.3 Å². The van der Waals surface area contributed by atoms with Crippen molar-refractivity contribution in [3.8, 4) is 0 Å². The number of hydrogen-bond acceptors (Lipinski definition) is 4. The summed E-state index contributed by atoms with van der Waals surface area (Å²) in [5.41, 5.74) is 6.92. The molecule has 0 spiro atoms. The number of hydrogen-bond donors (Lipinski definition) is 2. The van der Waals surface area contributed by atoms with Crippen LogP contribution in [-0.4, -0.2) is 15.1 Å². The Kier molecular flexibility index (Phi) is 2.32. The molecule has 3 N–H and O–H groups in total. The van der Waals surface area contributed by atoms with Gasteiger partial charge in [0.1, 0.15) is 5.52 Å². The summed E-state index contributed by atoms with van der Waals surface area (Å²) in [4.78, 5) is 9.22. The van der Waals surface area contributed by atoms with Gasteiger partial charge in [0.05, 0.1) is 5.52 Å². The second kappa shape index (κ2) is 3.63. The Morgan fingerprint density at radius 3 is 2.93 bits per heavy atom. The van der Waals surface area contributed by atoms with Crippen LogP contribution in [0.25, 0.3) is 11.0 Å². The predicted octanol–water partition coefficient (Wildman–Crippen LogP) is 1.62. The maximum Gasteiger partial charge on any atom is 0.156 e. The first kappa shape index (κ1) is 8.96. The first-order valence-corrected chi connectivity index (χ1v) is 4.80. The summed E-state index contributed by atoms with van der Waals surface area (Å²) in [6.45, 7) is 0. The molecule has 0 bridgehead atoms. The molecule has 0 fully saturated rings. The van der Waals surface area contributed by atoms with Crippen molar-refractivity contribution in [1.29, 1.82) is 5.41 Å². The fourth-order valence-electron chi connectivity index (χ4n) is 1.16. The summed E-state index contributed by atoms with van der Waals surface area (Å²) in [6, 6.07) is 5.52. The average molecular weight is 204 g/mol. The lowest BCUT2D eigenvalue weighted by atomic mass is 10.3. The molecule has 2 heterocycles. The van der Waals surface area contributed by atoms with E-state index in [0.717, 1.165) is 15.9 Å². The summed E-state index contributed by atoms with van der Waals surface area (Å²) in [5, 5.41) is 7.26. The highest BCUT2D eigenvalue weighted by atomic mass is 32.2. The third kappa shape index (κ3) is 1.67. The molecule has 0 saturated heterocycles. The third-order valence-corrected chi connectivity index (χ3v) is 2.45. The van der Waals surface area contributed by atoms with E-state index in [1.807, 2.05) is 12.1 Å². The number of fused-ring (bicyclic) bond motifs is 1. The fourth-order valence-corrected chi connectivity index (χ4v) is 1.78. The molecule has 0 amide bonds. The van der Waals surface area contributed by atoms with Crippen molar-refractivity contribution in [2.45, 2.75) is 4.90 Å². The van der Waals surface area contributed by atoms with Crippen LogP contribution in [0.5, 0.6) is 0 Å². The number of nitrogens with zero attached hydrogens (tertiary/aromatic N) is 2. The Labute approximate surface area is 85.1 Å². The number of nitrogens with two attached hydrogens (primary N) is 1. The lowest BCUT2D eigenvalue weighted by Gasteiger charge is -2.01. The second-order valence-corrected chi connectivity index (χ2v) is 3.73. The van der Waals surface area contributed by atoms with Crippen LogP contribution in [0.1, 0.15) is 0 Å². The number of amidine groups is 1. The molecule has 0 aromatic carbocycles. The van der Waals surface area contributed by atoms with Crippen LogP contribution in [-0.2, 0) is 0 Å². The molecule has 14 heavy (non-hydrogen) atoms. The maximum absolute atomic E-state index is 7.20. The zero-order chi connectivity index (χ0) is 9.97. The van der Waals surface area contributed by atoms with Gasteiger partial charge >= 0.3 is 0 Å². The quantitative estimate of drug-likeness (QED) is 0.420. The summed E-state index contributed by atoms with van der Waals surface area (Å²) >= 11 is 1.19. The number of aromatic nitrogens is 2. The number of nitrogens with one attached hydrogen (secondary N) is 1. The van der Waals surface area contributed by atoms with Crippen molar-refractivity contribution >= 4 is 28.0 Å². The van der Waals surface area contributed by atoms with Crippen LogP contribution in [0.4, 0.5) is 0 Å². The van der Waals surface area contributed by atoms with E-state index in [1.54, 1.807) is 18.5 Å². The molecule has 2 aromatic heterocycles. The van der Waals surface area contributed by atoms with E-state index in [-0.39, 0.29) is 5.17 Å². The molecule has 0 atom stereocenters. The van der Waals surface area contributed by atoms with Crippen LogP contribution in [0, 0.1) is 5.41 Å². The van der Waals surface area contributed by atoms with Gasteiger partial charge in [0.2, 0.25) is 0 Å². The van der Waals surface area contributed by atoms with E-state index in [1.165, 1.54) is 11.8 Å². The van der Waals surface area contributed by atoms with Crippen LogP contribution >= 0.6 is 11.8 Å². The molecule has 0 radical (unpaired) electrons. The molecule has 0 saturated carbocycles. The molecule has 0 aliphatic rings. The van der Waals surface area contributed by atoms with E-state index in [0.29, 0.717) is 0 Å². The molecule has 0 aliphatic carbocycles. The first-order chi connectivity index (χ1) is 6.77. The zero-order valence-corrected chi connectivity index (χ0v) is 8.08. The van der Waals surface area contributed by atoms with Crippen molar-refractivity contribution in [3.05, 3.63) is 30.6 Å². The first-order valence-electron chi connectivity index (χ1n) is 3.99. The predicted molar refractivity (Wildman–Crippen MR) is 57.3 cm³/mol. The van der Waals surface area contributed by atoms with E-state index in [4.69, 9.17) is 11.1 Å². The highest BCUT2D eigenvalue weighted by Crippen LogP contribution is 2.23. The van der Waals surface area contributed by atoms with Gasteiger partial charge in [-0.2, -0.15) is 0 Å². The Hall–Kier alpha value is -1.62. The van der Waals surface area contributed by atoms with Crippen LogP contribution in [0.15, 0.2) is 35.5 Å². The molecule has 2 rings (SSSR count). The average Bonchev–Trinajstić information content (AvgIpc) is 2.18. The van der Waals surface area contributed by atoms with Crippen molar-refractivity contribution in [2.24, 2.45) is 5.73 Å². The minimum absolute atomic E-state index is 0.0585. The lowest BCUT2D eigenvalue weighted by Crippen LogP contribution is -2.03. The number of pyridine rings is 2. The van der Waals surface area contributed by atoms with Gasteiger partial charge < -0.3 is 5.73 Å². The van der Waals surface area contributed by atoms with Crippen LogP contribution < -0.4 is 5.73 Å². The summed E-state index contributed by atoms with van der Waals surface area (Å²) < 4.78 is 0. The van der Waals surface area contributed by atoms with Crippen molar-refractivity contribution in [2.75, 3.05) is 0 Å².